The molecule has 0 aliphatic rings. The highest BCUT2D eigenvalue weighted by Crippen LogP contribution is 2.14. The molecule has 5 heteroatoms. The van der Waals surface area contributed by atoms with Gasteiger partial charge < -0.3 is 10.1 Å². The van der Waals surface area contributed by atoms with Crippen molar-refractivity contribution in [1.29, 1.82) is 5.26 Å². The standard InChI is InChI=1S/C16H20N2O3/c1-3-14(11-17)18-16(20)8-5-9-21-15-7-4-6-13(10-15)12(2)19/h4,6-7,10,14H,3,5,8-9H2,1-2H3,(H,18,20)/t14-/m0/s1. The van der Waals surface area contributed by atoms with Gasteiger partial charge in [0.05, 0.1) is 12.7 Å². The maximum Gasteiger partial charge on any atom is 0.221 e. The number of carbonyl (C=O) groups excluding carboxylic acids is 2. The fourth-order valence-corrected chi connectivity index (χ4v) is 1.72. The van der Waals surface area contributed by atoms with E-state index in [9.17, 15) is 9.59 Å². The Labute approximate surface area is 124 Å². The lowest BCUT2D eigenvalue weighted by molar-refractivity contribution is -0.121. The zero-order valence-corrected chi connectivity index (χ0v) is 12.4. The SMILES string of the molecule is CC[C@@H](C#N)NC(=O)CCCOc1cccc(C(C)=O)c1. The second-order valence-electron chi connectivity index (χ2n) is 4.69. The van der Waals surface area contributed by atoms with Crippen LogP contribution in [0.1, 0.15) is 43.5 Å². The van der Waals surface area contributed by atoms with Gasteiger partial charge in [-0.3, -0.25) is 9.59 Å². The molecule has 0 unspecified atom stereocenters. The quantitative estimate of drug-likeness (QED) is 0.588. The lowest BCUT2D eigenvalue weighted by Gasteiger charge is -2.10. The molecule has 0 bridgehead atoms. The molecular formula is C16H20N2O3. The van der Waals surface area contributed by atoms with Crippen molar-refractivity contribution in [1.82, 2.24) is 5.32 Å². The highest BCUT2D eigenvalue weighted by Gasteiger charge is 2.08. The van der Waals surface area contributed by atoms with E-state index in [0.717, 1.165) is 0 Å². The minimum Gasteiger partial charge on any atom is -0.494 e. The molecule has 0 aromatic heterocycles. The normalized spacial score (nSPS) is 11.3. The number of hydrogen-bond acceptors (Lipinski definition) is 4. The highest BCUT2D eigenvalue weighted by molar-refractivity contribution is 5.94. The molecule has 1 rings (SSSR count). The Kier molecular flexibility index (Phi) is 6.96. The maximum atomic E-state index is 11.6. The van der Waals surface area contributed by atoms with Gasteiger partial charge in [0, 0.05) is 12.0 Å². The predicted molar refractivity (Wildman–Crippen MR) is 79.0 cm³/mol. The van der Waals surface area contributed by atoms with Gasteiger partial charge in [0.1, 0.15) is 11.8 Å². The molecule has 0 aliphatic heterocycles. The van der Waals surface area contributed by atoms with Crippen molar-refractivity contribution in [2.45, 2.75) is 39.2 Å². The third kappa shape index (κ3) is 6.09. The molecule has 0 aliphatic carbocycles. The minimum absolute atomic E-state index is 0.0121. The van der Waals surface area contributed by atoms with Crippen molar-refractivity contribution >= 4 is 11.7 Å². The first-order valence-corrected chi connectivity index (χ1v) is 6.99. The van der Waals surface area contributed by atoms with Crippen LogP contribution in [0.2, 0.25) is 0 Å². The van der Waals surface area contributed by atoms with Crippen LogP contribution in [0.5, 0.6) is 5.75 Å². The smallest absolute Gasteiger partial charge is 0.221 e. The molecule has 1 atom stereocenters. The Balaban J connectivity index is 2.31. The van der Waals surface area contributed by atoms with Crippen molar-refractivity contribution in [3.8, 4) is 11.8 Å². The average Bonchev–Trinajstić information content (AvgIpc) is 2.49. The van der Waals surface area contributed by atoms with Crippen LogP contribution in [0.25, 0.3) is 0 Å². The van der Waals surface area contributed by atoms with Crippen molar-refractivity contribution in [3.63, 3.8) is 0 Å². The molecule has 0 saturated carbocycles. The number of nitrogens with one attached hydrogen (secondary N) is 1. The zero-order chi connectivity index (χ0) is 15.7. The Hall–Kier alpha value is -2.35. The number of ether oxygens (including phenoxy) is 1. The van der Waals surface area contributed by atoms with Crippen molar-refractivity contribution < 1.29 is 14.3 Å². The van der Waals surface area contributed by atoms with E-state index < -0.39 is 6.04 Å². The van der Waals surface area contributed by atoms with E-state index in [0.29, 0.717) is 37.2 Å². The lowest BCUT2D eigenvalue weighted by atomic mass is 10.1. The van der Waals surface area contributed by atoms with Crippen molar-refractivity contribution in [2.75, 3.05) is 6.61 Å². The molecule has 0 spiro atoms. The van der Waals surface area contributed by atoms with Crippen LogP contribution in [-0.2, 0) is 4.79 Å². The third-order valence-corrected chi connectivity index (χ3v) is 2.96. The van der Waals surface area contributed by atoms with E-state index in [1.165, 1.54) is 6.92 Å². The Morgan fingerprint density at radius 1 is 1.43 bits per heavy atom. The fourth-order valence-electron chi connectivity index (χ4n) is 1.72. The minimum atomic E-state index is -0.425. The van der Waals surface area contributed by atoms with Gasteiger partial charge in [-0.25, -0.2) is 0 Å². The molecule has 1 aromatic rings. The van der Waals surface area contributed by atoms with Crippen LogP contribution in [-0.4, -0.2) is 24.3 Å². The van der Waals surface area contributed by atoms with Gasteiger partial charge in [-0.15, -0.1) is 0 Å². The van der Waals surface area contributed by atoms with Crippen LogP contribution in [0.15, 0.2) is 24.3 Å². The predicted octanol–water partition coefficient (Wildman–Crippen LogP) is 2.47. The molecule has 1 amide bonds. The number of carbonyl (C=O) groups is 2. The summed E-state index contributed by atoms with van der Waals surface area (Å²) < 4.78 is 5.51. The first-order chi connectivity index (χ1) is 10.1. The molecule has 0 saturated heterocycles. The van der Waals surface area contributed by atoms with Crippen LogP contribution < -0.4 is 10.1 Å². The summed E-state index contributed by atoms with van der Waals surface area (Å²) in [7, 11) is 0. The lowest BCUT2D eigenvalue weighted by Crippen LogP contribution is -2.33. The van der Waals surface area contributed by atoms with Crippen molar-refractivity contribution in [2.24, 2.45) is 0 Å². The molecular weight excluding hydrogens is 268 g/mol. The number of hydrogen-bond donors (Lipinski definition) is 1. The summed E-state index contributed by atoms with van der Waals surface area (Å²) in [5.41, 5.74) is 0.602. The molecule has 112 valence electrons. The summed E-state index contributed by atoms with van der Waals surface area (Å²) in [4.78, 5) is 22.8. The number of benzene rings is 1. The van der Waals surface area contributed by atoms with Gasteiger partial charge in [0.2, 0.25) is 5.91 Å². The van der Waals surface area contributed by atoms with Crippen LogP contribution in [0, 0.1) is 11.3 Å². The van der Waals surface area contributed by atoms with Gasteiger partial charge in [-0.1, -0.05) is 19.1 Å². The number of nitriles is 1. The van der Waals surface area contributed by atoms with Crippen LogP contribution in [0.4, 0.5) is 0 Å². The topological polar surface area (TPSA) is 79.2 Å². The van der Waals surface area contributed by atoms with E-state index in [1.807, 2.05) is 13.0 Å². The van der Waals surface area contributed by atoms with Gasteiger partial charge in [0.15, 0.2) is 5.78 Å². The zero-order valence-electron chi connectivity index (χ0n) is 12.4. The first-order valence-electron chi connectivity index (χ1n) is 6.99. The van der Waals surface area contributed by atoms with E-state index in [4.69, 9.17) is 10.00 Å². The Morgan fingerprint density at radius 2 is 2.19 bits per heavy atom. The van der Waals surface area contributed by atoms with Gasteiger partial charge >= 0.3 is 0 Å². The molecule has 1 aromatic carbocycles. The van der Waals surface area contributed by atoms with E-state index in [1.54, 1.807) is 24.3 Å². The van der Waals surface area contributed by atoms with Crippen LogP contribution in [0.3, 0.4) is 0 Å². The Morgan fingerprint density at radius 3 is 2.81 bits per heavy atom. The van der Waals surface area contributed by atoms with Gasteiger partial charge in [0.25, 0.3) is 0 Å². The van der Waals surface area contributed by atoms with Crippen molar-refractivity contribution in [3.05, 3.63) is 29.8 Å². The molecule has 0 heterocycles. The summed E-state index contributed by atoms with van der Waals surface area (Å²) in [6.45, 7) is 3.74. The number of Topliss-reactive ketones (excluding diaryl/α,β-unsaturated/α-hetero) is 1. The Bertz CT molecular complexity index is 535. The van der Waals surface area contributed by atoms with Crippen LogP contribution >= 0.6 is 0 Å². The second kappa shape index (κ2) is 8.75. The molecule has 1 N–H and O–H groups in total. The highest BCUT2D eigenvalue weighted by atomic mass is 16.5. The molecule has 21 heavy (non-hydrogen) atoms. The number of ketones is 1. The summed E-state index contributed by atoms with van der Waals surface area (Å²) in [6.07, 6.45) is 1.46. The molecule has 5 nitrogen and oxygen atoms in total. The van der Waals surface area contributed by atoms with E-state index >= 15 is 0 Å². The summed E-state index contributed by atoms with van der Waals surface area (Å²) >= 11 is 0. The average molecular weight is 288 g/mol. The van der Waals surface area contributed by atoms with Gasteiger partial charge in [-0.05, 0) is 31.9 Å². The molecule has 0 fully saturated rings. The van der Waals surface area contributed by atoms with Gasteiger partial charge in [-0.2, -0.15) is 5.26 Å². The van der Waals surface area contributed by atoms with E-state index in [2.05, 4.69) is 5.32 Å². The summed E-state index contributed by atoms with van der Waals surface area (Å²) in [5.74, 6) is 0.456. The number of amides is 1. The van der Waals surface area contributed by atoms with E-state index in [-0.39, 0.29) is 11.7 Å². The number of nitrogens with zero attached hydrogens (tertiary/aromatic N) is 1. The second-order valence-corrected chi connectivity index (χ2v) is 4.69. The largest absolute Gasteiger partial charge is 0.494 e. The first kappa shape index (κ1) is 16.7. The summed E-state index contributed by atoms with van der Waals surface area (Å²) in [6, 6.07) is 8.55. The fraction of sp³-hybridized carbons (Fsp3) is 0.438. The third-order valence-electron chi connectivity index (χ3n) is 2.96. The number of rotatable bonds is 8. The summed E-state index contributed by atoms with van der Waals surface area (Å²) in [5, 5.41) is 11.4. The monoisotopic (exact) mass is 288 g/mol. The molecule has 0 radical (unpaired) electrons. The maximum absolute atomic E-state index is 11.6.